The van der Waals surface area contributed by atoms with Gasteiger partial charge >= 0.3 is 12.0 Å². The second-order valence-electron chi connectivity index (χ2n) is 7.31. The average molecular weight is 436 g/mol. The van der Waals surface area contributed by atoms with Crippen LogP contribution in [0.5, 0.6) is 5.75 Å². The van der Waals surface area contributed by atoms with Crippen molar-refractivity contribution in [3.63, 3.8) is 0 Å². The van der Waals surface area contributed by atoms with E-state index in [-0.39, 0.29) is 31.0 Å². The zero-order valence-corrected chi connectivity index (χ0v) is 18.4. The summed E-state index contributed by atoms with van der Waals surface area (Å²) in [6.07, 6.45) is 2.05. The van der Waals surface area contributed by atoms with E-state index in [1.54, 1.807) is 31.4 Å². The molecule has 172 valence electrons. The highest BCUT2D eigenvalue weighted by Crippen LogP contribution is 2.13. The molecule has 0 bridgehead atoms. The Kier molecular flexibility index (Phi) is 11.9. The predicted molar refractivity (Wildman–Crippen MR) is 116 cm³/mol. The van der Waals surface area contributed by atoms with Crippen LogP contribution in [0.3, 0.4) is 0 Å². The van der Waals surface area contributed by atoms with Gasteiger partial charge < -0.3 is 30.6 Å². The van der Waals surface area contributed by atoms with E-state index in [2.05, 4.69) is 10.6 Å². The molecule has 0 aliphatic rings. The minimum absolute atomic E-state index is 0.0498. The van der Waals surface area contributed by atoms with Crippen LogP contribution in [0.4, 0.5) is 4.79 Å². The fraction of sp³-hybridized carbons (Fsp3) is 0.545. The number of unbranched alkanes of at least 4 members (excludes halogenated alkanes) is 1. The summed E-state index contributed by atoms with van der Waals surface area (Å²) in [5, 5.41) is 5.12. The molecule has 4 N–H and O–H groups in total. The minimum Gasteiger partial charge on any atom is -0.497 e. The molecule has 9 nitrogen and oxygen atoms in total. The number of esters is 1. The van der Waals surface area contributed by atoms with Crippen molar-refractivity contribution in [1.82, 2.24) is 10.6 Å². The number of carbonyl (C=O) groups excluding carboxylic acids is 4. The maximum atomic E-state index is 12.6. The van der Waals surface area contributed by atoms with Gasteiger partial charge in [0.2, 0.25) is 0 Å². The smallest absolute Gasteiger partial charge is 0.329 e. The number of rotatable bonds is 14. The third-order valence-electron chi connectivity index (χ3n) is 4.66. The molecule has 0 heterocycles. The zero-order chi connectivity index (χ0) is 23.2. The van der Waals surface area contributed by atoms with Crippen LogP contribution in [0.2, 0.25) is 0 Å². The van der Waals surface area contributed by atoms with Crippen molar-refractivity contribution < 1.29 is 28.7 Å². The second-order valence-corrected chi connectivity index (χ2v) is 7.31. The Labute approximate surface area is 183 Å². The van der Waals surface area contributed by atoms with Gasteiger partial charge in [-0.2, -0.15) is 0 Å². The Morgan fingerprint density at radius 3 is 2.16 bits per heavy atom. The van der Waals surface area contributed by atoms with Crippen molar-refractivity contribution >= 4 is 23.6 Å². The van der Waals surface area contributed by atoms with Gasteiger partial charge in [0.15, 0.2) is 5.78 Å². The van der Waals surface area contributed by atoms with E-state index in [0.717, 1.165) is 5.56 Å². The molecule has 0 saturated heterocycles. The van der Waals surface area contributed by atoms with Gasteiger partial charge in [0.25, 0.3) is 0 Å². The molecular weight excluding hydrogens is 402 g/mol. The number of methoxy groups -OCH3 is 1. The van der Waals surface area contributed by atoms with Crippen LogP contribution in [-0.4, -0.2) is 49.3 Å². The summed E-state index contributed by atoms with van der Waals surface area (Å²) in [7, 11) is 1.56. The molecule has 0 aromatic heterocycles. The lowest BCUT2D eigenvalue weighted by molar-refractivity contribution is -0.147. The first kappa shape index (κ1) is 26.1. The number of ether oxygens (including phenoxy) is 2. The van der Waals surface area contributed by atoms with Crippen molar-refractivity contribution in [2.75, 3.05) is 13.7 Å². The summed E-state index contributed by atoms with van der Waals surface area (Å²) in [6.45, 7) is 3.28. The van der Waals surface area contributed by atoms with Crippen LogP contribution >= 0.6 is 0 Å². The van der Waals surface area contributed by atoms with Crippen LogP contribution in [0.25, 0.3) is 0 Å². The topological polar surface area (TPSA) is 137 Å². The average Bonchev–Trinajstić information content (AvgIpc) is 2.74. The number of hydrogen-bond donors (Lipinski definition) is 3. The minimum atomic E-state index is -0.884. The molecule has 1 aromatic carbocycles. The number of carbonyl (C=O) groups is 4. The lowest BCUT2D eigenvalue weighted by atomic mass is 10.1. The van der Waals surface area contributed by atoms with Crippen LogP contribution in [-0.2, 0) is 25.7 Å². The number of amides is 2. The molecule has 9 heteroatoms. The van der Waals surface area contributed by atoms with E-state index in [9.17, 15) is 19.2 Å². The Balaban J connectivity index is 2.69. The van der Waals surface area contributed by atoms with Crippen molar-refractivity contribution in [2.24, 2.45) is 5.73 Å². The maximum Gasteiger partial charge on any atom is 0.329 e. The van der Waals surface area contributed by atoms with Gasteiger partial charge in [-0.15, -0.1) is 0 Å². The number of ketones is 2. The van der Waals surface area contributed by atoms with Gasteiger partial charge in [0.1, 0.15) is 24.2 Å². The lowest BCUT2D eigenvalue weighted by Crippen LogP contribution is -2.51. The Morgan fingerprint density at radius 2 is 1.61 bits per heavy atom. The summed E-state index contributed by atoms with van der Waals surface area (Å²) in [5.74, 6) is -0.225. The van der Waals surface area contributed by atoms with Crippen LogP contribution in [0, 0.1) is 0 Å². The number of urea groups is 1. The van der Waals surface area contributed by atoms with Crippen molar-refractivity contribution in [3.8, 4) is 5.75 Å². The SMILES string of the molecule is COc1ccc(COC(=O)[C@@H](CCCCN)NC(=O)N[C@H](CCC(C)=O)C(C)=O)cc1. The second kappa shape index (κ2) is 14.1. The van der Waals surface area contributed by atoms with Gasteiger partial charge in [0, 0.05) is 6.42 Å². The van der Waals surface area contributed by atoms with E-state index >= 15 is 0 Å². The number of nitrogens with one attached hydrogen (secondary N) is 2. The van der Waals surface area contributed by atoms with Crippen molar-refractivity contribution in [1.29, 1.82) is 0 Å². The Morgan fingerprint density at radius 1 is 0.968 bits per heavy atom. The Hall–Kier alpha value is -2.94. The molecule has 0 fully saturated rings. The molecule has 2 amide bonds. The third-order valence-corrected chi connectivity index (χ3v) is 4.66. The van der Waals surface area contributed by atoms with E-state index in [1.165, 1.54) is 13.8 Å². The van der Waals surface area contributed by atoms with Gasteiger partial charge in [-0.05, 0) is 63.8 Å². The third kappa shape index (κ3) is 10.6. The molecule has 2 atom stereocenters. The first-order valence-corrected chi connectivity index (χ1v) is 10.3. The van der Waals surface area contributed by atoms with Crippen LogP contribution < -0.4 is 21.1 Å². The summed E-state index contributed by atoms with van der Waals surface area (Å²) < 4.78 is 10.5. The Bertz CT molecular complexity index is 735. The van der Waals surface area contributed by atoms with E-state index in [1.807, 2.05) is 0 Å². The molecule has 0 aliphatic carbocycles. The van der Waals surface area contributed by atoms with E-state index < -0.39 is 24.1 Å². The highest BCUT2D eigenvalue weighted by atomic mass is 16.5. The van der Waals surface area contributed by atoms with Gasteiger partial charge in [-0.3, -0.25) is 4.79 Å². The van der Waals surface area contributed by atoms with Crippen molar-refractivity contribution in [2.45, 2.75) is 64.6 Å². The summed E-state index contributed by atoms with van der Waals surface area (Å²) in [6, 6.07) is 4.73. The van der Waals surface area contributed by atoms with Crippen molar-refractivity contribution in [3.05, 3.63) is 29.8 Å². The number of hydrogen-bond acceptors (Lipinski definition) is 7. The highest BCUT2D eigenvalue weighted by Gasteiger charge is 2.24. The number of Topliss-reactive ketones (excluding diaryl/α,β-unsaturated/α-hetero) is 2. The number of nitrogens with two attached hydrogens (primary N) is 1. The van der Waals surface area contributed by atoms with Crippen LogP contribution in [0.1, 0.15) is 51.5 Å². The highest BCUT2D eigenvalue weighted by molar-refractivity contribution is 5.89. The van der Waals surface area contributed by atoms with Crippen LogP contribution in [0.15, 0.2) is 24.3 Å². The lowest BCUT2D eigenvalue weighted by Gasteiger charge is -2.21. The molecule has 1 rings (SSSR count). The van der Waals surface area contributed by atoms with E-state index in [4.69, 9.17) is 15.2 Å². The fourth-order valence-electron chi connectivity index (χ4n) is 2.80. The maximum absolute atomic E-state index is 12.6. The molecular formula is C22H33N3O6. The quantitative estimate of drug-likeness (QED) is 0.300. The molecule has 1 aromatic rings. The largest absolute Gasteiger partial charge is 0.497 e. The fourth-order valence-corrected chi connectivity index (χ4v) is 2.80. The molecule has 31 heavy (non-hydrogen) atoms. The molecule has 0 aliphatic heterocycles. The molecule has 0 unspecified atom stereocenters. The summed E-state index contributed by atoms with van der Waals surface area (Å²) in [4.78, 5) is 47.9. The first-order valence-electron chi connectivity index (χ1n) is 10.3. The van der Waals surface area contributed by atoms with Gasteiger partial charge in [-0.25, -0.2) is 9.59 Å². The summed E-state index contributed by atoms with van der Waals surface area (Å²) in [5.41, 5.74) is 6.29. The normalized spacial score (nSPS) is 12.4. The standard InChI is InChI=1S/C22H33N3O6/c1-15(26)7-12-19(16(2)27)24-22(29)25-20(6-4-5-13-23)21(28)31-14-17-8-10-18(30-3)11-9-17/h8-11,19-20H,4-7,12-14,23H2,1-3H3,(H2,24,25,29)/t19-,20-/m1/s1. The molecule has 0 spiro atoms. The summed E-state index contributed by atoms with van der Waals surface area (Å²) >= 11 is 0. The number of benzene rings is 1. The zero-order valence-electron chi connectivity index (χ0n) is 18.4. The predicted octanol–water partition coefficient (Wildman–Crippen LogP) is 1.86. The molecule has 0 saturated carbocycles. The monoisotopic (exact) mass is 435 g/mol. The first-order chi connectivity index (χ1) is 14.8. The van der Waals surface area contributed by atoms with E-state index in [0.29, 0.717) is 31.6 Å². The van der Waals surface area contributed by atoms with Gasteiger partial charge in [-0.1, -0.05) is 12.1 Å². The molecule has 0 radical (unpaired) electrons. The van der Waals surface area contributed by atoms with Gasteiger partial charge in [0.05, 0.1) is 13.2 Å².